The zero-order valence-electron chi connectivity index (χ0n) is 12.3. The fraction of sp³-hybridized carbons (Fsp3) is 0.294. The molecule has 1 atom stereocenters. The summed E-state index contributed by atoms with van der Waals surface area (Å²) in [6, 6.07) is 10.0. The molecule has 0 saturated heterocycles. The molecule has 0 aliphatic heterocycles. The number of hydrogen-bond acceptors (Lipinski definition) is 4. The summed E-state index contributed by atoms with van der Waals surface area (Å²) in [6.45, 7) is 2.28. The van der Waals surface area contributed by atoms with Gasteiger partial charge in [0.1, 0.15) is 0 Å². The van der Waals surface area contributed by atoms with Crippen LogP contribution in [-0.2, 0) is 12.8 Å². The van der Waals surface area contributed by atoms with E-state index >= 15 is 0 Å². The van der Waals surface area contributed by atoms with Crippen LogP contribution in [0.15, 0.2) is 30.3 Å². The van der Waals surface area contributed by atoms with Crippen LogP contribution < -0.4 is 5.32 Å². The number of fused-ring (bicyclic) bond motifs is 2. The molecular weight excluding hydrogens is 312 g/mol. The molecule has 0 saturated carbocycles. The van der Waals surface area contributed by atoms with E-state index in [2.05, 4.69) is 17.2 Å². The number of nitrogens with zero attached hydrogens (tertiary/aromatic N) is 1. The van der Waals surface area contributed by atoms with Gasteiger partial charge >= 0.3 is 0 Å². The molecule has 4 rings (SSSR count). The van der Waals surface area contributed by atoms with Crippen molar-refractivity contribution < 1.29 is 4.79 Å². The lowest BCUT2D eigenvalue weighted by molar-refractivity contribution is 0.103. The van der Waals surface area contributed by atoms with Crippen LogP contribution in [0.25, 0.3) is 10.1 Å². The number of anilines is 1. The number of carbonyl (C=O) groups excluding carboxylic acids is 1. The molecule has 0 radical (unpaired) electrons. The van der Waals surface area contributed by atoms with E-state index < -0.39 is 0 Å². The van der Waals surface area contributed by atoms with Crippen LogP contribution in [0.4, 0.5) is 5.13 Å². The van der Waals surface area contributed by atoms with Gasteiger partial charge in [-0.15, -0.1) is 22.7 Å². The predicted molar refractivity (Wildman–Crippen MR) is 93.1 cm³/mol. The maximum atomic E-state index is 12.4. The van der Waals surface area contributed by atoms with Crippen molar-refractivity contribution in [2.45, 2.75) is 26.2 Å². The standard InChI is InChI=1S/C17H16N2OS2/c1-10-6-7-12-14(8-10)22-17(18-12)19-16(20)15-9-11-4-2-3-5-13(11)21-15/h2-5,9-10H,6-8H2,1H3,(H,18,19,20). The summed E-state index contributed by atoms with van der Waals surface area (Å²) in [5.74, 6) is 0.666. The van der Waals surface area contributed by atoms with E-state index in [0.717, 1.165) is 38.9 Å². The first-order valence-corrected chi connectivity index (χ1v) is 9.11. The predicted octanol–water partition coefficient (Wildman–Crippen LogP) is 4.73. The van der Waals surface area contributed by atoms with Gasteiger partial charge in [-0.2, -0.15) is 0 Å². The first-order chi connectivity index (χ1) is 10.7. The van der Waals surface area contributed by atoms with Crippen molar-refractivity contribution in [1.29, 1.82) is 0 Å². The highest BCUT2D eigenvalue weighted by molar-refractivity contribution is 7.21. The van der Waals surface area contributed by atoms with Crippen molar-refractivity contribution in [3.05, 3.63) is 45.8 Å². The summed E-state index contributed by atoms with van der Waals surface area (Å²) in [5.41, 5.74) is 1.18. The molecule has 2 aromatic heterocycles. The number of aryl methyl sites for hydroxylation is 1. The second kappa shape index (κ2) is 5.48. The summed E-state index contributed by atoms with van der Waals surface area (Å²) < 4.78 is 1.14. The molecule has 3 nitrogen and oxygen atoms in total. The zero-order chi connectivity index (χ0) is 15.1. The van der Waals surface area contributed by atoms with Crippen LogP contribution >= 0.6 is 22.7 Å². The second-order valence-electron chi connectivity index (χ2n) is 5.84. The van der Waals surface area contributed by atoms with Gasteiger partial charge in [-0.25, -0.2) is 4.98 Å². The first kappa shape index (κ1) is 13.9. The number of carbonyl (C=O) groups is 1. The smallest absolute Gasteiger partial charge is 0.267 e. The first-order valence-electron chi connectivity index (χ1n) is 7.47. The molecule has 0 bridgehead atoms. The topological polar surface area (TPSA) is 42.0 Å². The summed E-state index contributed by atoms with van der Waals surface area (Å²) in [4.78, 5) is 19.1. The van der Waals surface area contributed by atoms with E-state index in [1.165, 1.54) is 28.3 Å². The third-order valence-electron chi connectivity index (χ3n) is 4.06. The molecular formula is C17H16N2OS2. The maximum absolute atomic E-state index is 12.4. The van der Waals surface area contributed by atoms with Crippen molar-refractivity contribution in [1.82, 2.24) is 4.98 Å². The highest BCUT2D eigenvalue weighted by atomic mass is 32.1. The fourth-order valence-corrected chi connectivity index (χ4v) is 4.97. The Hall–Kier alpha value is -1.72. The van der Waals surface area contributed by atoms with E-state index in [0.29, 0.717) is 0 Å². The average molecular weight is 328 g/mol. The van der Waals surface area contributed by atoms with E-state index in [4.69, 9.17) is 0 Å². The summed E-state index contributed by atoms with van der Waals surface area (Å²) in [7, 11) is 0. The van der Waals surface area contributed by atoms with Crippen LogP contribution in [0.1, 0.15) is 33.6 Å². The molecule has 3 aromatic rings. The number of thiazole rings is 1. The summed E-state index contributed by atoms with van der Waals surface area (Å²) in [6.07, 6.45) is 3.32. The van der Waals surface area contributed by atoms with Crippen molar-refractivity contribution in [2.75, 3.05) is 5.32 Å². The van der Waals surface area contributed by atoms with Gasteiger partial charge in [0.15, 0.2) is 5.13 Å². The normalized spacial score (nSPS) is 17.4. The van der Waals surface area contributed by atoms with Crippen LogP contribution in [0.3, 0.4) is 0 Å². The minimum atomic E-state index is -0.0552. The Balaban J connectivity index is 1.56. The number of aromatic nitrogens is 1. The van der Waals surface area contributed by atoms with Gasteiger partial charge in [0, 0.05) is 9.58 Å². The number of rotatable bonds is 2. The molecule has 0 spiro atoms. The van der Waals surface area contributed by atoms with E-state index in [-0.39, 0.29) is 5.91 Å². The number of nitrogens with one attached hydrogen (secondary N) is 1. The average Bonchev–Trinajstić information content (AvgIpc) is 3.09. The Morgan fingerprint density at radius 2 is 2.18 bits per heavy atom. The summed E-state index contributed by atoms with van der Waals surface area (Å²) >= 11 is 3.16. The number of benzene rings is 1. The van der Waals surface area contributed by atoms with Gasteiger partial charge < -0.3 is 0 Å². The van der Waals surface area contributed by atoms with Crippen LogP contribution in [0, 0.1) is 5.92 Å². The SMILES string of the molecule is CC1CCc2nc(NC(=O)c3cc4ccccc4s3)sc2C1. The molecule has 1 N–H and O–H groups in total. The molecule has 2 heterocycles. The van der Waals surface area contributed by atoms with Crippen LogP contribution in [0.2, 0.25) is 0 Å². The molecule has 1 unspecified atom stereocenters. The minimum Gasteiger partial charge on any atom is -0.297 e. The van der Waals surface area contributed by atoms with Crippen LogP contribution in [0.5, 0.6) is 0 Å². The van der Waals surface area contributed by atoms with Gasteiger partial charge in [-0.3, -0.25) is 10.1 Å². The van der Waals surface area contributed by atoms with Gasteiger partial charge in [0.05, 0.1) is 10.6 Å². The molecule has 112 valence electrons. The van der Waals surface area contributed by atoms with Gasteiger partial charge in [-0.05, 0) is 42.7 Å². The quantitative estimate of drug-likeness (QED) is 0.738. The monoisotopic (exact) mass is 328 g/mol. The zero-order valence-corrected chi connectivity index (χ0v) is 13.9. The summed E-state index contributed by atoms with van der Waals surface area (Å²) in [5, 5.41) is 4.82. The van der Waals surface area contributed by atoms with E-state index in [1.807, 2.05) is 30.3 Å². The Labute approximate surface area is 137 Å². The Bertz CT molecular complexity index is 816. The third-order valence-corrected chi connectivity index (χ3v) is 6.21. The lowest BCUT2D eigenvalue weighted by Crippen LogP contribution is -2.10. The molecule has 0 fully saturated rings. The largest absolute Gasteiger partial charge is 0.297 e. The maximum Gasteiger partial charge on any atom is 0.267 e. The van der Waals surface area contributed by atoms with Crippen LogP contribution in [-0.4, -0.2) is 10.9 Å². The lowest BCUT2D eigenvalue weighted by Gasteiger charge is -2.15. The molecule has 1 aliphatic rings. The number of thiophene rings is 1. The van der Waals surface area contributed by atoms with Gasteiger partial charge in [-0.1, -0.05) is 25.1 Å². The second-order valence-corrected chi connectivity index (χ2v) is 8.01. The van der Waals surface area contributed by atoms with Crippen molar-refractivity contribution in [3.63, 3.8) is 0 Å². The van der Waals surface area contributed by atoms with Crippen molar-refractivity contribution >= 4 is 43.8 Å². The van der Waals surface area contributed by atoms with Crippen molar-refractivity contribution in [2.24, 2.45) is 5.92 Å². The molecule has 22 heavy (non-hydrogen) atoms. The van der Waals surface area contributed by atoms with Gasteiger partial charge in [0.25, 0.3) is 5.91 Å². The van der Waals surface area contributed by atoms with E-state index in [1.54, 1.807) is 11.3 Å². The molecule has 1 amide bonds. The Morgan fingerprint density at radius 1 is 1.32 bits per heavy atom. The fourth-order valence-electron chi connectivity index (χ4n) is 2.85. The van der Waals surface area contributed by atoms with E-state index in [9.17, 15) is 4.79 Å². The Morgan fingerprint density at radius 3 is 3.05 bits per heavy atom. The molecule has 5 heteroatoms. The molecule has 1 aromatic carbocycles. The Kier molecular flexibility index (Phi) is 3.47. The number of hydrogen-bond donors (Lipinski definition) is 1. The highest BCUT2D eigenvalue weighted by Gasteiger charge is 2.21. The number of amides is 1. The molecule has 1 aliphatic carbocycles. The van der Waals surface area contributed by atoms with Gasteiger partial charge in [0.2, 0.25) is 0 Å². The minimum absolute atomic E-state index is 0.0552. The highest BCUT2D eigenvalue weighted by Crippen LogP contribution is 2.33. The third kappa shape index (κ3) is 2.55. The lowest BCUT2D eigenvalue weighted by atomic mass is 9.93. The van der Waals surface area contributed by atoms with Crippen molar-refractivity contribution in [3.8, 4) is 0 Å².